The minimum atomic E-state index is -3.34. The molecule has 1 aliphatic rings. The second kappa shape index (κ2) is 8.09. The molecule has 8 heteroatoms. The van der Waals surface area contributed by atoms with Crippen molar-refractivity contribution in [2.45, 2.75) is 70.3 Å². The molecule has 140 valence electrons. The first-order valence-electron chi connectivity index (χ1n) is 8.22. The maximum atomic E-state index is 12.5. The monoisotopic (exact) mass is 362 g/mol. The number of amides is 1. The van der Waals surface area contributed by atoms with Crippen molar-refractivity contribution >= 4 is 15.9 Å². The van der Waals surface area contributed by atoms with Crippen LogP contribution >= 0.6 is 0 Å². The molecular formula is C16H30N2O5S. The van der Waals surface area contributed by atoms with Crippen LogP contribution in [0.5, 0.6) is 0 Å². The fourth-order valence-electron chi connectivity index (χ4n) is 2.72. The third-order valence-electron chi connectivity index (χ3n) is 3.99. The van der Waals surface area contributed by atoms with Gasteiger partial charge in [0.2, 0.25) is 0 Å². The first-order chi connectivity index (χ1) is 10.9. The standard InChI is InChI=1S/C16H30N2O5S/c1-11(19)14(17-5)10-24(21,22)13-8-6-12(7-9-13)18-15(20)23-16(2,3)4/h12-13,17,19H,6-10H2,1-5H3,(H,18,20)/b14-11-. The Morgan fingerprint density at radius 3 is 2.17 bits per heavy atom. The molecule has 1 fully saturated rings. The lowest BCUT2D eigenvalue weighted by Gasteiger charge is -2.30. The van der Waals surface area contributed by atoms with Gasteiger partial charge in [-0.2, -0.15) is 0 Å². The number of sulfone groups is 1. The number of carbonyl (C=O) groups is 1. The number of ether oxygens (including phenoxy) is 1. The van der Waals surface area contributed by atoms with Gasteiger partial charge < -0.3 is 20.5 Å². The van der Waals surface area contributed by atoms with Crippen molar-refractivity contribution < 1.29 is 23.1 Å². The Morgan fingerprint density at radius 2 is 1.75 bits per heavy atom. The topological polar surface area (TPSA) is 105 Å². The largest absolute Gasteiger partial charge is 0.511 e. The van der Waals surface area contributed by atoms with Crippen molar-refractivity contribution in [2.24, 2.45) is 0 Å². The van der Waals surface area contributed by atoms with Crippen LogP contribution in [0.25, 0.3) is 0 Å². The molecule has 0 bridgehead atoms. The molecule has 0 aliphatic heterocycles. The second-order valence-corrected chi connectivity index (χ2v) is 9.52. The summed E-state index contributed by atoms with van der Waals surface area (Å²) in [6.45, 7) is 6.85. The number of aliphatic hydroxyl groups is 1. The highest BCUT2D eigenvalue weighted by Crippen LogP contribution is 2.26. The van der Waals surface area contributed by atoms with Gasteiger partial charge >= 0.3 is 6.09 Å². The lowest BCUT2D eigenvalue weighted by atomic mass is 9.95. The summed E-state index contributed by atoms with van der Waals surface area (Å²) in [6.07, 6.45) is 1.71. The number of alkyl carbamates (subject to hydrolysis) is 1. The van der Waals surface area contributed by atoms with E-state index in [0.717, 1.165) is 0 Å². The van der Waals surface area contributed by atoms with Gasteiger partial charge in [0.25, 0.3) is 0 Å². The Morgan fingerprint density at radius 1 is 1.21 bits per heavy atom. The van der Waals surface area contributed by atoms with E-state index in [9.17, 15) is 18.3 Å². The first-order valence-corrected chi connectivity index (χ1v) is 9.93. The van der Waals surface area contributed by atoms with E-state index in [1.54, 1.807) is 27.8 Å². The Bertz CT molecular complexity index is 566. The molecular weight excluding hydrogens is 332 g/mol. The molecule has 0 saturated heterocycles. The Labute approximate surface area is 144 Å². The van der Waals surface area contributed by atoms with Gasteiger partial charge in [-0.15, -0.1) is 0 Å². The maximum Gasteiger partial charge on any atom is 0.407 e. The third-order valence-corrected chi connectivity index (χ3v) is 6.17. The Hall–Kier alpha value is -1.44. The zero-order valence-corrected chi connectivity index (χ0v) is 16.0. The summed E-state index contributed by atoms with van der Waals surface area (Å²) in [5.74, 6) is -0.206. The normalized spacial score (nSPS) is 23.2. The zero-order chi connectivity index (χ0) is 18.5. The van der Waals surface area contributed by atoms with Gasteiger partial charge in [-0.25, -0.2) is 13.2 Å². The zero-order valence-electron chi connectivity index (χ0n) is 15.2. The highest BCUT2D eigenvalue weighted by molar-refractivity contribution is 7.92. The molecule has 1 rings (SSSR count). The van der Waals surface area contributed by atoms with Gasteiger partial charge in [0.1, 0.15) is 11.4 Å². The van der Waals surface area contributed by atoms with Crippen LogP contribution in [0.2, 0.25) is 0 Å². The van der Waals surface area contributed by atoms with Crippen LogP contribution in [0.1, 0.15) is 53.4 Å². The number of aliphatic hydroxyl groups excluding tert-OH is 1. The van der Waals surface area contributed by atoms with E-state index in [2.05, 4.69) is 10.6 Å². The molecule has 0 atom stereocenters. The molecule has 24 heavy (non-hydrogen) atoms. The summed E-state index contributed by atoms with van der Waals surface area (Å²) in [6, 6.07) is -0.0646. The minimum absolute atomic E-state index is 0.0126. The number of hydrogen-bond acceptors (Lipinski definition) is 6. The van der Waals surface area contributed by atoms with E-state index < -0.39 is 26.8 Å². The minimum Gasteiger partial charge on any atom is -0.511 e. The molecule has 0 aromatic rings. The van der Waals surface area contributed by atoms with E-state index in [0.29, 0.717) is 31.4 Å². The second-order valence-electron chi connectivity index (χ2n) is 7.24. The SMILES string of the molecule is CN/C(CS(=O)(=O)C1CCC(NC(=O)OC(C)(C)C)CC1)=C(/C)O. The molecule has 0 radical (unpaired) electrons. The van der Waals surface area contributed by atoms with Crippen molar-refractivity contribution in [3.8, 4) is 0 Å². The van der Waals surface area contributed by atoms with E-state index >= 15 is 0 Å². The molecule has 0 heterocycles. The van der Waals surface area contributed by atoms with Gasteiger partial charge in [0.15, 0.2) is 9.84 Å². The smallest absolute Gasteiger partial charge is 0.407 e. The van der Waals surface area contributed by atoms with Crippen molar-refractivity contribution in [3.05, 3.63) is 11.5 Å². The average molecular weight is 362 g/mol. The predicted octanol–water partition coefficient (Wildman–Crippen LogP) is 2.25. The van der Waals surface area contributed by atoms with Crippen LogP contribution in [0.3, 0.4) is 0 Å². The third kappa shape index (κ3) is 6.59. The summed E-state index contributed by atoms with van der Waals surface area (Å²) < 4.78 is 30.2. The van der Waals surface area contributed by atoms with Crippen LogP contribution < -0.4 is 10.6 Å². The number of hydrogen-bond donors (Lipinski definition) is 3. The van der Waals surface area contributed by atoms with Crippen LogP contribution in [0.4, 0.5) is 4.79 Å². The Balaban J connectivity index is 2.56. The van der Waals surface area contributed by atoms with E-state index in [4.69, 9.17) is 4.74 Å². The highest BCUT2D eigenvalue weighted by atomic mass is 32.2. The van der Waals surface area contributed by atoms with Crippen LogP contribution in [-0.4, -0.2) is 49.3 Å². The lowest BCUT2D eigenvalue weighted by molar-refractivity contribution is 0.0493. The van der Waals surface area contributed by atoms with E-state index in [-0.39, 0.29) is 17.6 Å². The Kier molecular flexibility index (Phi) is 6.95. The number of carbonyl (C=O) groups excluding carboxylic acids is 1. The summed E-state index contributed by atoms with van der Waals surface area (Å²) in [4.78, 5) is 11.8. The molecule has 1 saturated carbocycles. The molecule has 1 amide bonds. The molecule has 0 spiro atoms. The number of allylic oxidation sites excluding steroid dienone is 1. The van der Waals surface area contributed by atoms with Crippen molar-refractivity contribution in [2.75, 3.05) is 12.8 Å². The van der Waals surface area contributed by atoms with Gasteiger partial charge in [-0.05, 0) is 53.4 Å². The molecule has 7 nitrogen and oxygen atoms in total. The predicted molar refractivity (Wildman–Crippen MR) is 93.6 cm³/mol. The van der Waals surface area contributed by atoms with Crippen molar-refractivity contribution in [3.63, 3.8) is 0 Å². The van der Waals surface area contributed by atoms with Crippen LogP contribution in [-0.2, 0) is 14.6 Å². The summed E-state index contributed by atoms with van der Waals surface area (Å²) in [5.41, 5.74) is -0.230. The van der Waals surface area contributed by atoms with E-state index in [1.807, 2.05) is 0 Å². The summed E-state index contributed by atoms with van der Waals surface area (Å²) in [7, 11) is -1.76. The lowest BCUT2D eigenvalue weighted by Crippen LogP contribution is -2.43. The number of rotatable bonds is 5. The summed E-state index contributed by atoms with van der Waals surface area (Å²) >= 11 is 0. The van der Waals surface area contributed by atoms with Gasteiger partial charge in [-0.3, -0.25) is 0 Å². The number of nitrogens with one attached hydrogen (secondary N) is 2. The van der Waals surface area contributed by atoms with Crippen LogP contribution in [0.15, 0.2) is 11.5 Å². The fourth-order valence-corrected chi connectivity index (χ4v) is 4.70. The maximum absolute atomic E-state index is 12.5. The van der Waals surface area contributed by atoms with Gasteiger partial charge in [0, 0.05) is 13.1 Å². The average Bonchev–Trinajstić information content (AvgIpc) is 2.43. The van der Waals surface area contributed by atoms with Gasteiger partial charge in [-0.1, -0.05) is 0 Å². The summed E-state index contributed by atoms with van der Waals surface area (Å²) in [5, 5.41) is 14.6. The van der Waals surface area contributed by atoms with Crippen molar-refractivity contribution in [1.82, 2.24) is 10.6 Å². The molecule has 0 aromatic heterocycles. The molecule has 3 N–H and O–H groups in total. The highest BCUT2D eigenvalue weighted by Gasteiger charge is 2.32. The molecule has 0 aromatic carbocycles. The molecule has 1 aliphatic carbocycles. The molecule has 0 unspecified atom stereocenters. The van der Waals surface area contributed by atoms with Crippen molar-refractivity contribution in [1.29, 1.82) is 0 Å². The quantitative estimate of drug-likeness (QED) is 0.648. The van der Waals surface area contributed by atoms with E-state index in [1.165, 1.54) is 6.92 Å². The van der Waals surface area contributed by atoms with Gasteiger partial charge in [0.05, 0.1) is 16.7 Å². The fraction of sp³-hybridized carbons (Fsp3) is 0.812. The van der Waals surface area contributed by atoms with Crippen LogP contribution in [0, 0.1) is 0 Å². The first kappa shape index (κ1) is 20.6.